The summed E-state index contributed by atoms with van der Waals surface area (Å²) in [4.78, 5) is 0. The Labute approximate surface area is 127 Å². The van der Waals surface area contributed by atoms with E-state index in [1.54, 1.807) is 0 Å². The minimum absolute atomic E-state index is 0.143. The number of hydrogen-bond donors (Lipinski definition) is 1. The Bertz CT molecular complexity index is 713. The molecule has 0 aliphatic rings. The molecule has 1 atom stereocenters. The van der Waals surface area contributed by atoms with Crippen LogP contribution >= 0.6 is 23.2 Å². The first-order chi connectivity index (χ1) is 9.66. The van der Waals surface area contributed by atoms with E-state index in [4.69, 9.17) is 23.2 Å². The second kappa shape index (κ2) is 5.48. The molecule has 112 valence electrons. The minimum Gasteiger partial charge on any atom is -0.381 e. The largest absolute Gasteiger partial charge is 0.381 e. The number of aliphatic hydroxyl groups is 1. The highest BCUT2D eigenvalue weighted by molar-refractivity contribution is 6.35. The highest BCUT2D eigenvalue weighted by Crippen LogP contribution is 2.38. The molecule has 2 aromatic carbocycles. The molecule has 0 aliphatic heterocycles. The predicted molar refractivity (Wildman–Crippen MR) is 71.4 cm³/mol. The molecule has 0 saturated heterocycles. The molecule has 0 bridgehead atoms. The van der Waals surface area contributed by atoms with Gasteiger partial charge in [0, 0.05) is 16.1 Å². The van der Waals surface area contributed by atoms with Gasteiger partial charge in [0.2, 0.25) is 0 Å². The maximum absolute atomic E-state index is 13.8. The van der Waals surface area contributed by atoms with Crippen LogP contribution in [-0.4, -0.2) is 5.11 Å². The highest BCUT2D eigenvalue weighted by atomic mass is 35.5. The summed E-state index contributed by atoms with van der Waals surface area (Å²) in [5.74, 6) is -5.61. The van der Waals surface area contributed by atoms with Crippen LogP contribution in [0.3, 0.4) is 0 Å². The summed E-state index contributed by atoms with van der Waals surface area (Å²) in [6.07, 6.45) is 0. The average molecular weight is 339 g/mol. The van der Waals surface area contributed by atoms with Crippen molar-refractivity contribution < 1.29 is 22.7 Å². The Hall–Kier alpha value is -1.30. The van der Waals surface area contributed by atoms with Gasteiger partial charge in [0.25, 0.3) is 0 Å². The van der Waals surface area contributed by atoms with Gasteiger partial charge in [0.1, 0.15) is 11.4 Å². The van der Waals surface area contributed by atoms with Crippen LogP contribution in [0.2, 0.25) is 10.0 Å². The third-order valence-electron chi connectivity index (χ3n) is 3.09. The van der Waals surface area contributed by atoms with Crippen molar-refractivity contribution in [2.75, 3.05) is 0 Å². The maximum Gasteiger partial charge on any atom is 0.194 e. The molecule has 0 spiro atoms. The van der Waals surface area contributed by atoms with Crippen LogP contribution in [0.4, 0.5) is 17.6 Å². The SMILES string of the molecule is CC(O)(c1cc(F)c(Cl)cc1Cl)c1ccc(F)c(F)c1F. The molecule has 0 amide bonds. The summed E-state index contributed by atoms with van der Waals surface area (Å²) in [5, 5.41) is 10.00. The third kappa shape index (κ3) is 2.73. The van der Waals surface area contributed by atoms with Crippen LogP contribution in [0, 0.1) is 23.3 Å². The average Bonchev–Trinajstić information content (AvgIpc) is 2.39. The zero-order valence-electron chi connectivity index (χ0n) is 10.5. The normalized spacial score (nSPS) is 14.1. The van der Waals surface area contributed by atoms with Gasteiger partial charge in [-0.05, 0) is 31.2 Å². The molecule has 0 heterocycles. The first-order valence-electron chi connectivity index (χ1n) is 5.67. The fourth-order valence-electron chi connectivity index (χ4n) is 1.94. The van der Waals surface area contributed by atoms with Gasteiger partial charge in [-0.25, -0.2) is 17.6 Å². The van der Waals surface area contributed by atoms with E-state index < -0.39 is 34.4 Å². The monoisotopic (exact) mass is 338 g/mol. The molecule has 0 aromatic heterocycles. The molecule has 21 heavy (non-hydrogen) atoms. The molecule has 2 rings (SSSR count). The van der Waals surface area contributed by atoms with Gasteiger partial charge < -0.3 is 5.11 Å². The molecule has 1 N–H and O–H groups in total. The lowest BCUT2D eigenvalue weighted by Gasteiger charge is -2.26. The molecule has 0 radical (unpaired) electrons. The van der Waals surface area contributed by atoms with Gasteiger partial charge in [-0.2, -0.15) is 0 Å². The van der Waals surface area contributed by atoms with Crippen molar-refractivity contribution in [1.82, 2.24) is 0 Å². The van der Waals surface area contributed by atoms with Crippen LogP contribution in [0.5, 0.6) is 0 Å². The number of benzene rings is 2. The molecule has 1 unspecified atom stereocenters. The first-order valence-corrected chi connectivity index (χ1v) is 6.43. The van der Waals surface area contributed by atoms with Gasteiger partial charge in [0.05, 0.1) is 5.02 Å². The van der Waals surface area contributed by atoms with Crippen molar-refractivity contribution in [2.24, 2.45) is 0 Å². The van der Waals surface area contributed by atoms with Crippen molar-refractivity contribution in [1.29, 1.82) is 0 Å². The van der Waals surface area contributed by atoms with E-state index in [0.717, 1.165) is 25.1 Å². The summed E-state index contributed by atoms with van der Waals surface area (Å²) >= 11 is 11.4. The Kier molecular flexibility index (Phi) is 4.19. The predicted octanol–water partition coefficient (Wildman–Crippen LogP) is 4.81. The van der Waals surface area contributed by atoms with Crippen LogP contribution in [0.15, 0.2) is 24.3 Å². The fourth-order valence-corrected chi connectivity index (χ4v) is 2.51. The summed E-state index contributed by atoms with van der Waals surface area (Å²) in [6, 6.07) is 3.35. The van der Waals surface area contributed by atoms with Gasteiger partial charge >= 0.3 is 0 Å². The van der Waals surface area contributed by atoms with Gasteiger partial charge in [-0.1, -0.05) is 23.2 Å². The van der Waals surface area contributed by atoms with E-state index in [2.05, 4.69) is 0 Å². The molecule has 0 aliphatic carbocycles. The van der Waals surface area contributed by atoms with Crippen LogP contribution in [0.25, 0.3) is 0 Å². The van der Waals surface area contributed by atoms with E-state index in [0.29, 0.717) is 6.07 Å². The van der Waals surface area contributed by atoms with Crippen molar-refractivity contribution in [3.8, 4) is 0 Å². The van der Waals surface area contributed by atoms with Crippen molar-refractivity contribution in [3.05, 3.63) is 68.7 Å². The lowest BCUT2D eigenvalue weighted by molar-refractivity contribution is 0.0964. The molecule has 0 fully saturated rings. The molecule has 0 saturated carbocycles. The van der Waals surface area contributed by atoms with E-state index >= 15 is 0 Å². The Morgan fingerprint density at radius 2 is 1.48 bits per heavy atom. The second-order valence-corrected chi connectivity index (χ2v) is 5.36. The summed E-state index contributed by atoms with van der Waals surface area (Å²) in [5.41, 5.74) is -2.98. The second-order valence-electron chi connectivity index (χ2n) is 4.54. The lowest BCUT2D eigenvalue weighted by atomic mass is 9.87. The number of rotatable bonds is 2. The first kappa shape index (κ1) is 16.1. The van der Waals surface area contributed by atoms with E-state index in [1.807, 2.05) is 0 Å². The zero-order valence-corrected chi connectivity index (χ0v) is 12.0. The molecule has 7 heteroatoms. The van der Waals surface area contributed by atoms with Crippen molar-refractivity contribution >= 4 is 23.2 Å². The Morgan fingerprint density at radius 3 is 2.10 bits per heavy atom. The summed E-state index contributed by atoms with van der Waals surface area (Å²) < 4.78 is 53.6. The Balaban J connectivity index is 2.68. The molecule has 1 nitrogen and oxygen atoms in total. The van der Waals surface area contributed by atoms with Crippen LogP contribution in [0.1, 0.15) is 18.1 Å². The highest BCUT2D eigenvalue weighted by Gasteiger charge is 2.33. The quantitative estimate of drug-likeness (QED) is 0.473. The van der Waals surface area contributed by atoms with Crippen LogP contribution in [-0.2, 0) is 5.60 Å². The number of halogens is 6. The van der Waals surface area contributed by atoms with Gasteiger partial charge in [-0.3, -0.25) is 0 Å². The topological polar surface area (TPSA) is 20.2 Å². The fraction of sp³-hybridized carbons (Fsp3) is 0.143. The molecular weight excluding hydrogens is 331 g/mol. The van der Waals surface area contributed by atoms with Crippen molar-refractivity contribution in [3.63, 3.8) is 0 Å². The van der Waals surface area contributed by atoms with Gasteiger partial charge in [-0.15, -0.1) is 0 Å². The van der Waals surface area contributed by atoms with E-state index in [-0.39, 0.29) is 15.6 Å². The number of hydrogen-bond acceptors (Lipinski definition) is 1. The van der Waals surface area contributed by atoms with Gasteiger partial charge in [0.15, 0.2) is 17.5 Å². The van der Waals surface area contributed by atoms with Crippen molar-refractivity contribution in [2.45, 2.75) is 12.5 Å². The maximum atomic E-state index is 13.8. The third-order valence-corrected chi connectivity index (χ3v) is 3.70. The lowest BCUT2D eigenvalue weighted by Crippen LogP contribution is -2.26. The summed E-state index contributed by atoms with van der Waals surface area (Å²) in [7, 11) is 0. The van der Waals surface area contributed by atoms with E-state index in [9.17, 15) is 22.7 Å². The zero-order chi connectivity index (χ0) is 15.9. The molecule has 2 aromatic rings. The summed E-state index contributed by atoms with van der Waals surface area (Å²) in [6.45, 7) is 1.08. The van der Waals surface area contributed by atoms with Crippen LogP contribution < -0.4 is 0 Å². The van der Waals surface area contributed by atoms with E-state index in [1.165, 1.54) is 0 Å². The molecular formula is C14H8Cl2F4O. The minimum atomic E-state index is -2.18. The smallest absolute Gasteiger partial charge is 0.194 e. The standard InChI is InChI=1S/C14H8Cl2F4O/c1-14(21,6-2-3-10(17)13(20)12(6)19)7-4-11(18)9(16)5-8(7)15/h2-5,21H,1H3. The Morgan fingerprint density at radius 1 is 0.857 bits per heavy atom.